The minimum atomic E-state index is -0.415. The number of hydrogen-bond donors (Lipinski definition) is 0. The first kappa shape index (κ1) is 60.6. The molecule has 0 spiro atoms. The van der Waals surface area contributed by atoms with Gasteiger partial charge in [0.15, 0.2) is 0 Å². The second-order valence-electron chi connectivity index (χ2n) is 15.6. The van der Waals surface area contributed by atoms with Crippen molar-refractivity contribution in [3.05, 3.63) is 12.2 Å². The number of hydrogen-bond acceptors (Lipinski definition) is 16. The molecule has 0 aromatic heterocycles. The van der Waals surface area contributed by atoms with Crippen LogP contribution in [0, 0.1) is 5.92 Å². The van der Waals surface area contributed by atoms with Gasteiger partial charge in [-0.2, -0.15) is 0 Å². The highest BCUT2D eigenvalue weighted by molar-refractivity contribution is 5.86. The molecule has 16 nitrogen and oxygen atoms in total. The van der Waals surface area contributed by atoms with Gasteiger partial charge in [-0.15, -0.1) is 0 Å². The summed E-state index contributed by atoms with van der Waals surface area (Å²) in [6.07, 6.45) is 4.65. The Balaban J connectivity index is 3.52. The second kappa shape index (κ2) is 44.8. The van der Waals surface area contributed by atoms with E-state index in [1.165, 1.54) is 19.3 Å². The maximum atomic E-state index is 11.2. The summed E-state index contributed by atoms with van der Waals surface area (Å²) in [5.74, 6) is 0.214. The minimum Gasteiger partial charge on any atom is -0.460 e. The van der Waals surface area contributed by atoms with Crippen LogP contribution in [-0.2, 0) is 75.8 Å². The zero-order valence-electron chi connectivity index (χ0n) is 40.4. The smallest absolute Gasteiger partial charge is 0.333 e. The van der Waals surface area contributed by atoms with Gasteiger partial charge in [-0.25, -0.2) is 4.79 Å². The summed E-state index contributed by atoms with van der Waals surface area (Å²) in [6, 6.07) is 0. The summed E-state index contributed by atoms with van der Waals surface area (Å²) in [4.78, 5) is 11.2. The van der Waals surface area contributed by atoms with E-state index in [1.54, 1.807) is 6.92 Å². The van der Waals surface area contributed by atoms with Gasteiger partial charge in [-0.1, -0.05) is 39.7 Å². The van der Waals surface area contributed by atoms with Gasteiger partial charge in [0.05, 0.1) is 175 Å². The number of unbranched alkanes of at least 4 members (excludes halogenated alkanes) is 1. The van der Waals surface area contributed by atoms with Crippen molar-refractivity contribution in [2.75, 3.05) is 152 Å². The maximum Gasteiger partial charge on any atom is 0.333 e. The lowest BCUT2D eigenvalue weighted by Gasteiger charge is -2.23. The highest BCUT2D eigenvalue weighted by Crippen LogP contribution is 2.14. The van der Waals surface area contributed by atoms with Crippen LogP contribution in [0.25, 0.3) is 0 Å². The molecule has 0 aliphatic rings. The summed E-state index contributed by atoms with van der Waals surface area (Å²) in [5.41, 5.74) is 0.368. The fraction of sp³-hybridized carbons (Fsp3) is 0.935. The Bertz CT molecular complexity index is 977. The van der Waals surface area contributed by atoms with E-state index in [0.29, 0.717) is 150 Å². The van der Waals surface area contributed by atoms with Crippen molar-refractivity contribution in [1.82, 2.24) is 0 Å². The lowest BCUT2D eigenvalue weighted by Crippen LogP contribution is -2.30. The van der Waals surface area contributed by atoms with Gasteiger partial charge >= 0.3 is 5.97 Å². The molecule has 7 unspecified atom stereocenters. The summed E-state index contributed by atoms with van der Waals surface area (Å²) in [5, 5.41) is 0. The third-order valence-corrected chi connectivity index (χ3v) is 9.00. The van der Waals surface area contributed by atoms with E-state index in [-0.39, 0.29) is 43.2 Å². The molecular weight excluding hydrogens is 808 g/mol. The van der Waals surface area contributed by atoms with Crippen LogP contribution in [0.2, 0.25) is 0 Å². The molecule has 0 saturated heterocycles. The molecule has 62 heavy (non-hydrogen) atoms. The third kappa shape index (κ3) is 42.6. The molecule has 0 rings (SSSR count). The van der Waals surface area contributed by atoms with Crippen molar-refractivity contribution in [3.63, 3.8) is 0 Å². The van der Waals surface area contributed by atoms with Crippen molar-refractivity contribution < 1.29 is 75.8 Å². The van der Waals surface area contributed by atoms with E-state index in [9.17, 15) is 4.79 Å². The van der Waals surface area contributed by atoms with Gasteiger partial charge in [0, 0.05) is 12.2 Å². The second-order valence-corrected chi connectivity index (χ2v) is 15.6. The summed E-state index contributed by atoms with van der Waals surface area (Å²) < 4.78 is 84.7. The van der Waals surface area contributed by atoms with Gasteiger partial charge < -0.3 is 71.1 Å². The van der Waals surface area contributed by atoms with Crippen LogP contribution in [0.5, 0.6) is 0 Å². The molecule has 0 fully saturated rings. The maximum absolute atomic E-state index is 11.2. The molecule has 0 aromatic carbocycles. The molecule has 0 aliphatic heterocycles. The zero-order valence-corrected chi connectivity index (χ0v) is 40.4. The average molecular weight is 899 g/mol. The van der Waals surface area contributed by atoms with Crippen LogP contribution in [0.3, 0.4) is 0 Å². The summed E-state index contributed by atoms with van der Waals surface area (Å²) >= 11 is 0. The molecular formula is C46H90O16. The largest absolute Gasteiger partial charge is 0.460 e. The van der Waals surface area contributed by atoms with E-state index in [2.05, 4.69) is 27.4 Å². The Labute approximate surface area is 375 Å². The van der Waals surface area contributed by atoms with E-state index in [1.807, 2.05) is 34.6 Å². The molecule has 0 heterocycles. The highest BCUT2D eigenvalue weighted by atomic mass is 16.6. The van der Waals surface area contributed by atoms with Crippen LogP contribution >= 0.6 is 0 Å². The fourth-order valence-corrected chi connectivity index (χ4v) is 5.09. The molecule has 7 atom stereocenters. The first-order valence-electron chi connectivity index (χ1n) is 23.1. The van der Waals surface area contributed by atoms with Crippen molar-refractivity contribution >= 4 is 5.97 Å². The minimum absolute atomic E-state index is 0.0211. The molecule has 0 N–H and O–H groups in total. The van der Waals surface area contributed by atoms with Crippen LogP contribution in [0.1, 0.15) is 88.0 Å². The Morgan fingerprint density at radius 1 is 0.403 bits per heavy atom. The molecule has 0 bridgehead atoms. The molecule has 0 amide bonds. The van der Waals surface area contributed by atoms with Crippen molar-refractivity contribution in [1.29, 1.82) is 0 Å². The van der Waals surface area contributed by atoms with Crippen LogP contribution < -0.4 is 0 Å². The number of esters is 1. The molecule has 0 radical (unpaired) electrons. The summed E-state index contributed by atoms with van der Waals surface area (Å²) in [6.45, 7) is 32.5. The number of carbonyl (C=O) groups excluding carboxylic acids is 1. The van der Waals surface area contributed by atoms with Gasteiger partial charge in [0.25, 0.3) is 0 Å². The van der Waals surface area contributed by atoms with E-state index < -0.39 is 5.97 Å². The Morgan fingerprint density at radius 2 is 0.677 bits per heavy atom. The van der Waals surface area contributed by atoms with Gasteiger partial charge in [0.1, 0.15) is 6.61 Å². The standard InChI is InChI=1S/C46H90O16/c1-11-13-14-45(12-2)37-62-44(10)36-61-43(9)35-60-42(8)34-59-41(7)33-58-40(6)32-57-39(5)31-55-28-27-53-24-23-51-20-19-49-16-15-48-17-18-50-21-22-52-25-26-54-29-30-56-46(47)38(3)4/h39-45H,3,11-37H2,1-2,4-10H3. The number of ether oxygens (including phenoxy) is 15. The molecule has 0 aliphatic carbocycles. The topological polar surface area (TPSA) is 156 Å². The van der Waals surface area contributed by atoms with Gasteiger partial charge in [0.2, 0.25) is 0 Å². The summed E-state index contributed by atoms with van der Waals surface area (Å²) in [7, 11) is 0. The quantitative estimate of drug-likeness (QED) is 0.0405. The fourth-order valence-electron chi connectivity index (χ4n) is 5.09. The van der Waals surface area contributed by atoms with E-state index in [4.69, 9.17) is 71.1 Å². The molecule has 0 saturated carbocycles. The van der Waals surface area contributed by atoms with E-state index in [0.717, 1.165) is 13.0 Å². The van der Waals surface area contributed by atoms with Gasteiger partial charge in [-0.05, 0) is 60.8 Å². The Morgan fingerprint density at radius 3 is 0.968 bits per heavy atom. The Kier molecular flexibility index (Phi) is 43.9. The molecule has 0 aromatic rings. The number of carbonyl (C=O) groups is 1. The average Bonchev–Trinajstić information content (AvgIpc) is 3.26. The monoisotopic (exact) mass is 899 g/mol. The first-order chi connectivity index (χ1) is 30.0. The van der Waals surface area contributed by atoms with Crippen molar-refractivity contribution in [2.45, 2.75) is 125 Å². The predicted molar refractivity (Wildman–Crippen MR) is 238 cm³/mol. The van der Waals surface area contributed by atoms with Crippen LogP contribution in [0.4, 0.5) is 0 Å². The van der Waals surface area contributed by atoms with Crippen molar-refractivity contribution in [3.8, 4) is 0 Å². The number of rotatable bonds is 49. The van der Waals surface area contributed by atoms with E-state index >= 15 is 0 Å². The SMILES string of the molecule is C=C(C)C(=O)OCCOCCOCCOCCOCCOCCOCCOCCOCC(C)OCC(C)OCC(C)OCC(C)OCC(C)OCC(C)OCC(CC)CCCC. The van der Waals surface area contributed by atoms with Crippen LogP contribution in [-0.4, -0.2) is 195 Å². The Hall–Kier alpha value is -1.35. The molecule has 16 heteroatoms. The van der Waals surface area contributed by atoms with Crippen LogP contribution in [0.15, 0.2) is 12.2 Å². The predicted octanol–water partition coefficient (Wildman–Crippen LogP) is 5.89. The van der Waals surface area contributed by atoms with Gasteiger partial charge in [-0.3, -0.25) is 0 Å². The highest BCUT2D eigenvalue weighted by Gasteiger charge is 2.15. The van der Waals surface area contributed by atoms with Crippen molar-refractivity contribution in [2.24, 2.45) is 5.92 Å². The lowest BCUT2D eigenvalue weighted by molar-refractivity contribution is -0.140. The zero-order chi connectivity index (χ0) is 45.9. The molecule has 370 valence electrons. The normalized spacial score (nSPS) is 15.2. The third-order valence-electron chi connectivity index (χ3n) is 9.00. The lowest BCUT2D eigenvalue weighted by atomic mass is 10.0. The first-order valence-corrected chi connectivity index (χ1v) is 23.1.